The zero-order valence-corrected chi connectivity index (χ0v) is 12.4. The standard InChI is InChI=1S/C17H23NO2/c1-4-13-5-7-14(8-6-13)16(19)20-17(2,3)15-9-11-18-12-10-15/h4-8,15,18H,1,9-12H2,2-3H3/p+1. The van der Waals surface area contributed by atoms with Gasteiger partial charge in [0.2, 0.25) is 0 Å². The van der Waals surface area contributed by atoms with E-state index in [0.29, 0.717) is 11.5 Å². The summed E-state index contributed by atoms with van der Waals surface area (Å²) >= 11 is 0. The van der Waals surface area contributed by atoms with E-state index in [4.69, 9.17) is 4.74 Å². The van der Waals surface area contributed by atoms with Crippen LogP contribution in [0.25, 0.3) is 6.08 Å². The van der Waals surface area contributed by atoms with E-state index >= 15 is 0 Å². The molecule has 1 heterocycles. The lowest BCUT2D eigenvalue weighted by atomic mass is 9.83. The van der Waals surface area contributed by atoms with Crippen molar-refractivity contribution in [2.45, 2.75) is 32.3 Å². The Bertz CT molecular complexity index is 470. The lowest BCUT2D eigenvalue weighted by Gasteiger charge is -2.35. The van der Waals surface area contributed by atoms with Crippen molar-refractivity contribution in [2.75, 3.05) is 13.1 Å². The van der Waals surface area contributed by atoms with Crippen molar-refractivity contribution in [2.24, 2.45) is 5.92 Å². The summed E-state index contributed by atoms with van der Waals surface area (Å²) in [5, 5.41) is 2.32. The molecule has 0 atom stereocenters. The van der Waals surface area contributed by atoms with Crippen molar-refractivity contribution < 1.29 is 14.8 Å². The summed E-state index contributed by atoms with van der Waals surface area (Å²) in [6.45, 7) is 10.0. The SMILES string of the molecule is C=Cc1ccc(C(=O)OC(C)(C)C2CC[NH2+]CC2)cc1. The molecule has 1 aliphatic heterocycles. The van der Waals surface area contributed by atoms with Gasteiger partial charge in [-0.1, -0.05) is 24.8 Å². The second-order valence-electron chi connectivity index (χ2n) is 5.96. The van der Waals surface area contributed by atoms with Crippen molar-refractivity contribution in [1.29, 1.82) is 0 Å². The van der Waals surface area contributed by atoms with Gasteiger partial charge in [0.05, 0.1) is 18.7 Å². The summed E-state index contributed by atoms with van der Waals surface area (Å²) in [6.07, 6.45) is 3.98. The average Bonchev–Trinajstić information content (AvgIpc) is 2.48. The lowest BCUT2D eigenvalue weighted by Crippen LogP contribution is -2.86. The predicted molar refractivity (Wildman–Crippen MR) is 80.4 cm³/mol. The molecule has 20 heavy (non-hydrogen) atoms. The van der Waals surface area contributed by atoms with Crippen molar-refractivity contribution >= 4 is 12.0 Å². The van der Waals surface area contributed by atoms with Gasteiger partial charge < -0.3 is 10.1 Å². The Morgan fingerprint density at radius 3 is 2.45 bits per heavy atom. The molecule has 2 rings (SSSR count). The normalized spacial score (nSPS) is 16.7. The maximum absolute atomic E-state index is 12.2. The van der Waals surface area contributed by atoms with Gasteiger partial charge in [0, 0.05) is 18.8 Å². The van der Waals surface area contributed by atoms with E-state index in [0.717, 1.165) is 31.5 Å². The molecule has 0 spiro atoms. The zero-order chi connectivity index (χ0) is 14.6. The minimum atomic E-state index is -0.400. The Hall–Kier alpha value is -1.61. The fourth-order valence-corrected chi connectivity index (χ4v) is 2.76. The third kappa shape index (κ3) is 3.48. The Morgan fingerprint density at radius 1 is 1.30 bits per heavy atom. The van der Waals surface area contributed by atoms with Gasteiger partial charge in [0.15, 0.2) is 0 Å². The van der Waals surface area contributed by atoms with Gasteiger partial charge in [-0.2, -0.15) is 0 Å². The largest absolute Gasteiger partial charge is 0.456 e. The number of ether oxygens (including phenoxy) is 1. The van der Waals surface area contributed by atoms with Crippen LogP contribution in [0.2, 0.25) is 0 Å². The number of quaternary nitrogens is 1. The molecule has 0 amide bonds. The zero-order valence-electron chi connectivity index (χ0n) is 12.4. The number of benzene rings is 1. The van der Waals surface area contributed by atoms with E-state index in [1.165, 1.54) is 0 Å². The first kappa shape index (κ1) is 14.8. The Balaban J connectivity index is 2.03. The van der Waals surface area contributed by atoms with Crippen LogP contribution in [-0.2, 0) is 4.74 Å². The van der Waals surface area contributed by atoms with Crippen LogP contribution >= 0.6 is 0 Å². The smallest absolute Gasteiger partial charge is 0.338 e. The van der Waals surface area contributed by atoms with E-state index in [2.05, 4.69) is 11.9 Å². The predicted octanol–water partition coefficient (Wildman–Crippen LogP) is 2.24. The van der Waals surface area contributed by atoms with Crippen molar-refractivity contribution in [3.8, 4) is 0 Å². The highest BCUT2D eigenvalue weighted by molar-refractivity contribution is 5.89. The summed E-state index contributed by atoms with van der Waals surface area (Å²) in [4.78, 5) is 12.2. The first-order chi connectivity index (χ1) is 9.53. The Morgan fingerprint density at radius 2 is 1.90 bits per heavy atom. The number of carbonyl (C=O) groups excluding carboxylic acids is 1. The van der Waals surface area contributed by atoms with Gasteiger partial charge in [-0.3, -0.25) is 0 Å². The molecule has 2 N–H and O–H groups in total. The second-order valence-corrected chi connectivity index (χ2v) is 5.96. The molecule has 3 heteroatoms. The van der Waals surface area contributed by atoms with E-state index in [-0.39, 0.29) is 5.97 Å². The van der Waals surface area contributed by atoms with Crippen LogP contribution in [0.3, 0.4) is 0 Å². The number of hydrogen-bond donors (Lipinski definition) is 1. The van der Waals surface area contributed by atoms with Crippen LogP contribution in [0.5, 0.6) is 0 Å². The highest BCUT2D eigenvalue weighted by Gasteiger charge is 2.35. The molecule has 108 valence electrons. The van der Waals surface area contributed by atoms with Crippen LogP contribution in [0.4, 0.5) is 0 Å². The molecular weight excluding hydrogens is 250 g/mol. The van der Waals surface area contributed by atoms with Gasteiger partial charge in [0.1, 0.15) is 5.60 Å². The fourth-order valence-electron chi connectivity index (χ4n) is 2.76. The van der Waals surface area contributed by atoms with Crippen molar-refractivity contribution in [3.05, 3.63) is 42.0 Å². The minimum absolute atomic E-state index is 0.236. The molecule has 0 bridgehead atoms. The Labute approximate surface area is 121 Å². The minimum Gasteiger partial charge on any atom is -0.456 e. The topological polar surface area (TPSA) is 42.9 Å². The second kappa shape index (κ2) is 6.23. The molecule has 0 aliphatic carbocycles. The van der Waals surface area contributed by atoms with Crippen molar-refractivity contribution in [3.63, 3.8) is 0 Å². The molecule has 1 aromatic rings. The van der Waals surface area contributed by atoms with E-state index in [9.17, 15) is 4.79 Å². The van der Waals surface area contributed by atoms with Crippen LogP contribution < -0.4 is 5.32 Å². The molecule has 1 fully saturated rings. The first-order valence-electron chi connectivity index (χ1n) is 7.30. The van der Waals surface area contributed by atoms with Gasteiger partial charge in [-0.25, -0.2) is 4.79 Å². The molecule has 0 aromatic heterocycles. The maximum atomic E-state index is 12.2. The molecule has 0 unspecified atom stereocenters. The number of carbonyl (C=O) groups is 1. The number of rotatable bonds is 4. The summed E-state index contributed by atoms with van der Waals surface area (Å²) in [5.41, 5.74) is 1.21. The molecule has 3 nitrogen and oxygen atoms in total. The summed E-state index contributed by atoms with van der Waals surface area (Å²) in [7, 11) is 0. The molecule has 1 aromatic carbocycles. The molecule has 1 aliphatic rings. The molecular formula is C17H24NO2+. The number of nitrogens with two attached hydrogens (primary N) is 1. The monoisotopic (exact) mass is 274 g/mol. The third-order valence-corrected chi connectivity index (χ3v) is 4.16. The summed E-state index contributed by atoms with van der Waals surface area (Å²) in [5.74, 6) is 0.212. The van der Waals surface area contributed by atoms with Crippen LogP contribution in [0.15, 0.2) is 30.8 Å². The van der Waals surface area contributed by atoms with Gasteiger partial charge in [0.25, 0.3) is 0 Å². The molecule has 0 saturated carbocycles. The van der Waals surface area contributed by atoms with Gasteiger partial charge in [-0.15, -0.1) is 0 Å². The van der Waals surface area contributed by atoms with Crippen molar-refractivity contribution in [1.82, 2.24) is 0 Å². The van der Waals surface area contributed by atoms with Crippen LogP contribution in [-0.4, -0.2) is 24.7 Å². The lowest BCUT2D eigenvalue weighted by molar-refractivity contribution is -0.665. The quantitative estimate of drug-likeness (QED) is 0.856. The summed E-state index contributed by atoms with van der Waals surface area (Å²) in [6, 6.07) is 7.35. The average molecular weight is 274 g/mol. The highest BCUT2D eigenvalue weighted by atomic mass is 16.6. The highest BCUT2D eigenvalue weighted by Crippen LogP contribution is 2.28. The number of hydrogen-bond acceptors (Lipinski definition) is 2. The number of piperidine rings is 1. The third-order valence-electron chi connectivity index (χ3n) is 4.16. The first-order valence-corrected chi connectivity index (χ1v) is 7.30. The van der Waals surface area contributed by atoms with E-state index in [1.54, 1.807) is 18.2 Å². The number of esters is 1. The van der Waals surface area contributed by atoms with E-state index < -0.39 is 5.60 Å². The summed E-state index contributed by atoms with van der Waals surface area (Å²) < 4.78 is 5.76. The Kier molecular flexibility index (Phi) is 4.61. The molecule has 1 saturated heterocycles. The maximum Gasteiger partial charge on any atom is 0.338 e. The fraction of sp³-hybridized carbons (Fsp3) is 0.471. The van der Waals surface area contributed by atoms with Crippen LogP contribution in [0.1, 0.15) is 42.6 Å². The molecule has 0 radical (unpaired) electrons. The van der Waals surface area contributed by atoms with Gasteiger partial charge >= 0.3 is 5.97 Å². The van der Waals surface area contributed by atoms with Gasteiger partial charge in [-0.05, 0) is 31.5 Å². The van der Waals surface area contributed by atoms with E-state index in [1.807, 2.05) is 26.0 Å². The van der Waals surface area contributed by atoms with Crippen LogP contribution in [0, 0.1) is 5.92 Å².